The maximum absolute atomic E-state index is 12.8. The summed E-state index contributed by atoms with van der Waals surface area (Å²) in [5.41, 5.74) is 0.721. The summed E-state index contributed by atoms with van der Waals surface area (Å²) in [5, 5.41) is 0. The lowest BCUT2D eigenvalue weighted by molar-refractivity contribution is -0.135. The van der Waals surface area contributed by atoms with Crippen LogP contribution in [0.15, 0.2) is 22.7 Å². The van der Waals surface area contributed by atoms with Crippen molar-refractivity contribution in [2.45, 2.75) is 25.3 Å². The Hall–Kier alpha value is -1.56. The zero-order valence-electron chi connectivity index (χ0n) is 11.8. The molecule has 0 radical (unpaired) electrons. The van der Waals surface area contributed by atoms with E-state index >= 15 is 0 Å². The predicted octanol–water partition coefficient (Wildman–Crippen LogP) is 2.19. The first kappa shape index (κ1) is 14.4. The molecule has 1 aromatic rings. The minimum absolute atomic E-state index is 0.00486. The van der Waals surface area contributed by atoms with E-state index in [1.807, 2.05) is 18.2 Å². The van der Waals surface area contributed by atoms with Crippen LogP contribution in [0, 0.1) is 0 Å². The number of anilines is 1. The molecule has 0 saturated carbocycles. The van der Waals surface area contributed by atoms with E-state index in [1.54, 1.807) is 16.9 Å². The van der Waals surface area contributed by atoms with Crippen molar-refractivity contribution in [3.8, 4) is 5.75 Å². The Labute approximate surface area is 132 Å². The molecule has 2 aliphatic heterocycles. The number of carbonyl (C=O) groups excluding carboxylic acids is 2. The van der Waals surface area contributed by atoms with Gasteiger partial charge >= 0.3 is 0 Å². The number of amides is 2. The standard InChI is InChI=1S/C15H17BrN2O3/c1-21-13-5-4-10(16)9-12(13)18-8-6-14(19)17-7-2-3-11(17)15(18)20/h4-5,9,11H,2-3,6-8H2,1H3. The number of fused-ring (bicyclic) bond motifs is 1. The number of hydrogen-bond donors (Lipinski definition) is 0. The first-order valence-corrected chi connectivity index (χ1v) is 7.85. The van der Waals surface area contributed by atoms with Crippen LogP contribution < -0.4 is 9.64 Å². The summed E-state index contributed by atoms with van der Waals surface area (Å²) < 4.78 is 6.25. The van der Waals surface area contributed by atoms with Gasteiger partial charge in [-0.1, -0.05) is 15.9 Å². The fourth-order valence-electron chi connectivity index (χ4n) is 3.08. The van der Waals surface area contributed by atoms with Gasteiger partial charge in [-0.2, -0.15) is 0 Å². The van der Waals surface area contributed by atoms with Crippen LogP contribution in [0.2, 0.25) is 0 Å². The van der Waals surface area contributed by atoms with E-state index < -0.39 is 0 Å². The molecule has 1 atom stereocenters. The molecule has 2 heterocycles. The second kappa shape index (κ2) is 5.67. The van der Waals surface area contributed by atoms with Gasteiger partial charge in [0.15, 0.2) is 0 Å². The highest BCUT2D eigenvalue weighted by molar-refractivity contribution is 9.10. The average molecular weight is 353 g/mol. The summed E-state index contributed by atoms with van der Waals surface area (Å²) in [6.45, 7) is 1.09. The highest BCUT2D eigenvalue weighted by atomic mass is 79.9. The fraction of sp³-hybridized carbons (Fsp3) is 0.467. The summed E-state index contributed by atoms with van der Waals surface area (Å²) in [5.74, 6) is 0.711. The van der Waals surface area contributed by atoms with Crippen molar-refractivity contribution in [1.82, 2.24) is 4.90 Å². The molecule has 5 nitrogen and oxygen atoms in total. The molecule has 0 N–H and O–H groups in total. The number of benzene rings is 1. The lowest BCUT2D eigenvalue weighted by Crippen LogP contribution is -2.43. The Balaban J connectivity index is 2.00. The van der Waals surface area contributed by atoms with Gasteiger partial charge in [0.2, 0.25) is 11.8 Å². The van der Waals surface area contributed by atoms with E-state index in [-0.39, 0.29) is 17.9 Å². The smallest absolute Gasteiger partial charge is 0.249 e. The van der Waals surface area contributed by atoms with Gasteiger partial charge in [-0.25, -0.2) is 0 Å². The molecule has 0 aliphatic carbocycles. The van der Waals surface area contributed by atoms with Gasteiger partial charge in [-0.15, -0.1) is 0 Å². The average Bonchev–Trinajstić information content (AvgIpc) is 2.93. The van der Waals surface area contributed by atoms with E-state index in [0.29, 0.717) is 25.3 Å². The molecule has 0 spiro atoms. The minimum atomic E-state index is -0.316. The molecule has 2 saturated heterocycles. The second-order valence-electron chi connectivity index (χ2n) is 5.30. The molecular formula is C15H17BrN2O3. The Bertz CT molecular complexity index is 590. The number of halogens is 1. The Morgan fingerprint density at radius 3 is 2.86 bits per heavy atom. The fourth-order valence-corrected chi connectivity index (χ4v) is 3.43. The van der Waals surface area contributed by atoms with Gasteiger partial charge in [0.05, 0.1) is 12.8 Å². The van der Waals surface area contributed by atoms with Gasteiger partial charge in [-0.05, 0) is 31.0 Å². The maximum Gasteiger partial charge on any atom is 0.249 e. The van der Waals surface area contributed by atoms with Crippen molar-refractivity contribution in [1.29, 1.82) is 0 Å². The van der Waals surface area contributed by atoms with Gasteiger partial charge in [0.25, 0.3) is 0 Å². The zero-order valence-corrected chi connectivity index (χ0v) is 13.4. The third-order valence-electron chi connectivity index (χ3n) is 4.11. The van der Waals surface area contributed by atoms with Crippen LogP contribution in [-0.4, -0.2) is 43.0 Å². The van der Waals surface area contributed by atoms with Crippen molar-refractivity contribution >= 4 is 33.4 Å². The van der Waals surface area contributed by atoms with Crippen molar-refractivity contribution in [2.24, 2.45) is 0 Å². The first-order chi connectivity index (χ1) is 10.1. The van der Waals surface area contributed by atoms with E-state index in [0.717, 1.165) is 23.0 Å². The van der Waals surface area contributed by atoms with E-state index in [4.69, 9.17) is 4.74 Å². The van der Waals surface area contributed by atoms with Gasteiger partial charge in [-0.3, -0.25) is 9.59 Å². The third-order valence-corrected chi connectivity index (χ3v) is 4.60. The van der Waals surface area contributed by atoms with Crippen LogP contribution in [-0.2, 0) is 9.59 Å². The number of carbonyl (C=O) groups is 2. The monoisotopic (exact) mass is 352 g/mol. The SMILES string of the molecule is COc1ccc(Br)cc1N1CCC(=O)N2CCCC2C1=O. The molecule has 0 aromatic heterocycles. The van der Waals surface area contributed by atoms with E-state index in [9.17, 15) is 9.59 Å². The molecule has 2 aliphatic rings. The van der Waals surface area contributed by atoms with Crippen LogP contribution in [0.4, 0.5) is 5.69 Å². The summed E-state index contributed by atoms with van der Waals surface area (Å²) in [6.07, 6.45) is 2.00. The quantitative estimate of drug-likeness (QED) is 0.819. The van der Waals surface area contributed by atoms with Gasteiger partial charge in [0, 0.05) is 24.0 Å². The topological polar surface area (TPSA) is 49.9 Å². The van der Waals surface area contributed by atoms with Crippen LogP contribution in [0.1, 0.15) is 19.3 Å². The molecule has 21 heavy (non-hydrogen) atoms. The molecule has 2 fully saturated rings. The maximum atomic E-state index is 12.8. The van der Waals surface area contributed by atoms with E-state index in [1.165, 1.54) is 0 Å². The summed E-state index contributed by atoms with van der Waals surface area (Å²) >= 11 is 3.43. The van der Waals surface area contributed by atoms with Crippen LogP contribution in [0.3, 0.4) is 0 Å². The predicted molar refractivity (Wildman–Crippen MR) is 82.4 cm³/mol. The van der Waals surface area contributed by atoms with Crippen LogP contribution in [0.25, 0.3) is 0 Å². The number of hydrogen-bond acceptors (Lipinski definition) is 3. The lowest BCUT2D eigenvalue weighted by Gasteiger charge is -2.26. The molecule has 3 rings (SSSR count). The van der Waals surface area contributed by atoms with Crippen molar-refractivity contribution < 1.29 is 14.3 Å². The zero-order chi connectivity index (χ0) is 15.0. The number of nitrogens with zero attached hydrogens (tertiary/aromatic N) is 2. The van der Waals surface area contributed by atoms with Gasteiger partial charge in [0.1, 0.15) is 11.8 Å². The Morgan fingerprint density at radius 1 is 1.29 bits per heavy atom. The molecule has 6 heteroatoms. The minimum Gasteiger partial charge on any atom is -0.495 e. The molecular weight excluding hydrogens is 336 g/mol. The van der Waals surface area contributed by atoms with Crippen LogP contribution >= 0.6 is 15.9 Å². The summed E-state index contributed by atoms with van der Waals surface area (Å²) in [6, 6.07) is 5.25. The summed E-state index contributed by atoms with van der Waals surface area (Å²) in [7, 11) is 1.59. The highest BCUT2D eigenvalue weighted by Crippen LogP contribution is 2.34. The van der Waals surface area contributed by atoms with Crippen molar-refractivity contribution in [2.75, 3.05) is 25.1 Å². The third kappa shape index (κ3) is 2.52. The molecule has 1 unspecified atom stereocenters. The molecule has 2 amide bonds. The largest absolute Gasteiger partial charge is 0.495 e. The number of methoxy groups -OCH3 is 1. The first-order valence-electron chi connectivity index (χ1n) is 7.06. The molecule has 1 aromatic carbocycles. The van der Waals surface area contributed by atoms with Crippen molar-refractivity contribution in [3.63, 3.8) is 0 Å². The molecule has 112 valence electrons. The molecule has 0 bridgehead atoms. The van der Waals surface area contributed by atoms with Crippen molar-refractivity contribution in [3.05, 3.63) is 22.7 Å². The second-order valence-corrected chi connectivity index (χ2v) is 6.22. The number of rotatable bonds is 2. The Kier molecular flexibility index (Phi) is 3.89. The van der Waals surface area contributed by atoms with Gasteiger partial charge < -0.3 is 14.5 Å². The normalized spacial score (nSPS) is 22.3. The Morgan fingerprint density at radius 2 is 2.10 bits per heavy atom. The number of ether oxygens (including phenoxy) is 1. The van der Waals surface area contributed by atoms with E-state index in [2.05, 4.69) is 15.9 Å². The summed E-state index contributed by atoms with van der Waals surface area (Å²) in [4.78, 5) is 28.4. The highest BCUT2D eigenvalue weighted by Gasteiger charge is 2.40. The van der Waals surface area contributed by atoms with Crippen LogP contribution in [0.5, 0.6) is 5.75 Å². The lowest BCUT2D eigenvalue weighted by atomic mass is 10.1.